The maximum Gasteiger partial charge on any atom is 0.222 e. The van der Waals surface area contributed by atoms with Gasteiger partial charge in [0.2, 0.25) is 5.91 Å². The van der Waals surface area contributed by atoms with Crippen LogP contribution in [0.1, 0.15) is 23.3 Å². The second kappa shape index (κ2) is 5.63. The van der Waals surface area contributed by atoms with Crippen LogP contribution in [0.3, 0.4) is 0 Å². The summed E-state index contributed by atoms with van der Waals surface area (Å²) in [5, 5.41) is 1.66. The van der Waals surface area contributed by atoms with Crippen molar-refractivity contribution in [1.29, 1.82) is 0 Å². The molecule has 0 N–H and O–H groups in total. The first-order chi connectivity index (χ1) is 8.88. The summed E-state index contributed by atoms with van der Waals surface area (Å²) in [6.45, 7) is 2.98. The molecular weight excluding hydrogens is 282 g/mol. The van der Waals surface area contributed by atoms with Crippen LogP contribution in [0.5, 0.6) is 0 Å². The van der Waals surface area contributed by atoms with Crippen LogP contribution in [0.2, 0.25) is 0 Å². The van der Waals surface area contributed by atoms with Crippen molar-refractivity contribution in [3.05, 3.63) is 21.9 Å². The average molecular weight is 301 g/mol. The van der Waals surface area contributed by atoms with E-state index in [1.54, 1.807) is 16.2 Å². The molecule has 4 nitrogen and oxygen atoms in total. The van der Waals surface area contributed by atoms with Gasteiger partial charge in [-0.05, 0) is 36.8 Å². The van der Waals surface area contributed by atoms with Crippen LogP contribution >= 0.6 is 11.3 Å². The van der Waals surface area contributed by atoms with Gasteiger partial charge in [-0.15, -0.1) is 11.3 Å². The van der Waals surface area contributed by atoms with Gasteiger partial charge in [-0.2, -0.15) is 0 Å². The van der Waals surface area contributed by atoms with Gasteiger partial charge in [0.1, 0.15) is 0 Å². The molecule has 1 atom stereocenters. The number of hydrogen-bond acceptors (Lipinski definition) is 4. The number of nitrogens with zero attached hydrogens (tertiary/aromatic N) is 1. The molecule has 0 bridgehead atoms. The molecule has 1 saturated heterocycles. The SMILES string of the molecule is Cc1ccsc1CCC(=O)N1CCC(S(C)(=O)=O)C1. The van der Waals surface area contributed by atoms with Crippen LogP contribution in [0, 0.1) is 6.92 Å². The Morgan fingerprint density at radius 3 is 2.79 bits per heavy atom. The Hall–Kier alpha value is -0.880. The number of hydrogen-bond donors (Lipinski definition) is 0. The third-order valence-electron chi connectivity index (χ3n) is 3.64. The van der Waals surface area contributed by atoms with Crippen molar-refractivity contribution in [1.82, 2.24) is 4.90 Å². The molecule has 0 aromatic carbocycles. The summed E-state index contributed by atoms with van der Waals surface area (Å²) in [4.78, 5) is 15.0. The highest BCUT2D eigenvalue weighted by Crippen LogP contribution is 2.20. The Morgan fingerprint density at radius 1 is 1.53 bits per heavy atom. The number of carbonyl (C=O) groups excluding carboxylic acids is 1. The zero-order valence-electron chi connectivity index (χ0n) is 11.3. The molecule has 1 amide bonds. The van der Waals surface area contributed by atoms with Gasteiger partial charge >= 0.3 is 0 Å². The summed E-state index contributed by atoms with van der Waals surface area (Å²) in [7, 11) is -3.03. The van der Waals surface area contributed by atoms with Crippen LogP contribution in [0.4, 0.5) is 0 Å². The Kier molecular flexibility index (Phi) is 4.30. The first-order valence-corrected chi connectivity index (χ1v) is 9.21. The van der Waals surface area contributed by atoms with Gasteiger partial charge in [-0.3, -0.25) is 4.79 Å². The van der Waals surface area contributed by atoms with E-state index in [1.165, 1.54) is 16.7 Å². The minimum Gasteiger partial charge on any atom is -0.341 e. The third-order valence-corrected chi connectivity index (χ3v) is 6.32. The van der Waals surface area contributed by atoms with E-state index in [9.17, 15) is 13.2 Å². The predicted octanol–water partition coefficient (Wildman–Crippen LogP) is 1.63. The summed E-state index contributed by atoms with van der Waals surface area (Å²) < 4.78 is 22.9. The van der Waals surface area contributed by atoms with E-state index in [0.29, 0.717) is 25.9 Å². The minimum absolute atomic E-state index is 0.0685. The summed E-state index contributed by atoms with van der Waals surface area (Å²) in [5.74, 6) is 0.0685. The number of thiophene rings is 1. The lowest BCUT2D eigenvalue weighted by Crippen LogP contribution is -2.31. The Bertz CT molecular complexity index is 562. The molecule has 1 aromatic heterocycles. The molecule has 6 heteroatoms. The molecule has 19 heavy (non-hydrogen) atoms. The average Bonchev–Trinajstić information content (AvgIpc) is 2.93. The van der Waals surface area contributed by atoms with Crippen LogP contribution < -0.4 is 0 Å². The Labute approximate surface area is 118 Å². The van der Waals surface area contributed by atoms with Gasteiger partial charge in [-0.25, -0.2) is 8.42 Å². The van der Waals surface area contributed by atoms with Crippen LogP contribution in [0.25, 0.3) is 0 Å². The first-order valence-electron chi connectivity index (χ1n) is 6.37. The summed E-state index contributed by atoms with van der Waals surface area (Å²) >= 11 is 1.67. The van der Waals surface area contributed by atoms with Gasteiger partial charge < -0.3 is 4.90 Å². The van der Waals surface area contributed by atoms with Crippen molar-refractivity contribution < 1.29 is 13.2 Å². The normalized spacial score (nSPS) is 19.9. The Morgan fingerprint density at radius 2 is 2.26 bits per heavy atom. The van der Waals surface area contributed by atoms with Crippen molar-refractivity contribution in [2.45, 2.75) is 31.4 Å². The fourth-order valence-corrected chi connectivity index (χ4v) is 4.24. The topological polar surface area (TPSA) is 54.5 Å². The maximum atomic E-state index is 12.1. The van der Waals surface area contributed by atoms with Gasteiger partial charge in [0.15, 0.2) is 9.84 Å². The van der Waals surface area contributed by atoms with E-state index < -0.39 is 9.84 Å². The fourth-order valence-electron chi connectivity index (χ4n) is 2.34. The quantitative estimate of drug-likeness (QED) is 0.849. The van der Waals surface area contributed by atoms with Crippen LogP contribution in [0.15, 0.2) is 11.4 Å². The summed E-state index contributed by atoms with van der Waals surface area (Å²) in [5.41, 5.74) is 1.23. The number of amides is 1. The largest absolute Gasteiger partial charge is 0.341 e. The zero-order chi connectivity index (χ0) is 14.0. The fraction of sp³-hybridized carbons (Fsp3) is 0.615. The molecule has 1 unspecified atom stereocenters. The lowest BCUT2D eigenvalue weighted by atomic mass is 10.2. The third kappa shape index (κ3) is 3.57. The summed E-state index contributed by atoms with van der Waals surface area (Å²) in [6, 6.07) is 2.06. The zero-order valence-corrected chi connectivity index (χ0v) is 12.9. The van der Waals surface area contributed by atoms with Gasteiger partial charge in [-0.1, -0.05) is 0 Å². The molecule has 0 radical (unpaired) electrons. The van der Waals surface area contributed by atoms with Crippen molar-refractivity contribution in [3.63, 3.8) is 0 Å². The second-order valence-electron chi connectivity index (χ2n) is 5.11. The molecule has 0 aliphatic carbocycles. The van der Waals surface area contributed by atoms with E-state index in [1.807, 2.05) is 12.3 Å². The molecule has 1 fully saturated rings. The number of carbonyl (C=O) groups is 1. The minimum atomic E-state index is -3.03. The maximum absolute atomic E-state index is 12.1. The first kappa shape index (κ1) is 14.5. The van der Waals surface area contributed by atoms with Crippen molar-refractivity contribution in [2.24, 2.45) is 0 Å². The van der Waals surface area contributed by atoms with Crippen molar-refractivity contribution >= 4 is 27.1 Å². The predicted molar refractivity (Wildman–Crippen MR) is 77.2 cm³/mol. The molecule has 0 saturated carbocycles. The monoisotopic (exact) mass is 301 g/mol. The molecule has 2 rings (SSSR count). The second-order valence-corrected chi connectivity index (χ2v) is 8.43. The van der Waals surface area contributed by atoms with Gasteiger partial charge in [0.25, 0.3) is 0 Å². The highest BCUT2D eigenvalue weighted by molar-refractivity contribution is 7.91. The van der Waals surface area contributed by atoms with Gasteiger partial charge in [0.05, 0.1) is 5.25 Å². The van der Waals surface area contributed by atoms with Crippen molar-refractivity contribution in [2.75, 3.05) is 19.3 Å². The smallest absolute Gasteiger partial charge is 0.222 e. The molecule has 0 spiro atoms. The molecule has 2 heterocycles. The summed E-state index contributed by atoms with van der Waals surface area (Å²) in [6.07, 6.45) is 3.05. The molecule has 106 valence electrons. The Balaban J connectivity index is 1.87. The van der Waals surface area contributed by atoms with E-state index in [-0.39, 0.29) is 11.2 Å². The molecule has 1 aromatic rings. The van der Waals surface area contributed by atoms with Gasteiger partial charge in [0, 0.05) is 30.6 Å². The molecule has 1 aliphatic rings. The van der Waals surface area contributed by atoms with E-state index in [4.69, 9.17) is 0 Å². The highest BCUT2D eigenvalue weighted by Gasteiger charge is 2.32. The van der Waals surface area contributed by atoms with E-state index in [2.05, 4.69) is 6.07 Å². The van der Waals surface area contributed by atoms with Crippen LogP contribution in [-0.2, 0) is 21.1 Å². The number of aryl methyl sites for hydroxylation is 2. The molecular formula is C13H19NO3S2. The highest BCUT2D eigenvalue weighted by atomic mass is 32.2. The lowest BCUT2D eigenvalue weighted by molar-refractivity contribution is -0.130. The van der Waals surface area contributed by atoms with Crippen molar-refractivity contribution in [3.8, 4) is 0 Å². The number of rotatable bonds is 4. The standard InChI is InChI=1S/C13H19NO3S2/c1-10-6-8-18-12(10)3-4-13(15)14-7-5-11(9-14)19(2,16)17/h6,8,11H,3-5,7,9H2,1-2H3. The van der Waals surface area contributed by atoms with Crippen LogP contribution in [-0.4, -0.2) is 43.8 Å². The van der Waals surface area contributed by atoms with E-state index in [0.717, 1.165) is 6.42 Å². The molecule has 1 aliphatic heterocycles. The lowest BCUT2D eigenvalue weighted by Gasteiger charge is -2.16. The van der Waals surface area contributed by atoms with E-state index >= 15 is 0 Å². The number of sulfone groups is 1. The number of likely N-dealkylation sites (tertiary alicyclic amines) is 1.